The molecule has 8 N–H and O–H groups in total. The summed E-state index contributed by atoms with van der Waals surface area (Å²) in [6.45, 7) is 2.71. The van der Waals surface area contributed by atoms with Crippen molar-refractivity contribution in [2.24, 2.45) is 0 Å². The van der Waals surface area contributed by atoms with Crippen LogP contribution in [-0.2, 0) is 14.2 Å². The summed E-state index contributed by atoms with van der Waals surface area (Å²) in [6.07, 6.45) is -9.21. The molecule has 2 fully saturated rings. The molecular weight excluding hydrogens is 2510 g/mol. The largest absolute Gasteiger partial charge is 0.394 e. The molecule has 10 unspecified atom stereocenters. The Kier molecular flexibility index (Phi) is 86.5. The van der Waals surface area contributed by atoms with E-state index in [0.717, 1.165) is 0 Å². The molecule has 10 atom stereocenters. The van der Waals surface area contributed by atoms with Crippen molar-refractivity contribution in [3.63, 3.8) is 0 Å². The van der Waals surface area contributed by atoms with E-state index in [1.807, 2.05) is 0 Å². The molecule has 2 rings (SSSR count). The summed E-state index contributed by atoms with van der Waals surface area (Å²) >= 11 is 7.19. The van der Waals surface area contributed by atoms with Crippen molar-refractivity contribution in [3.8, 4) is 0 Å². The smallest absolute Gasteiger partial charge is 0.187 e. The van der Waals surface area contributed by atoms with E-state index in [9.17, 15) is 25.5 Å². The van der Waals surface area contributed by atoms with Crippen molar-refractivity contribution in [1.82, 2.24) is 0 Å². The van der Waals surface area contributed by atoms with E-state index in [0.29, 0.717) is 0 Å². The first kappa shape index (κ1) is 71.2. The fraction of sp³-hybridized carbons (Fsp3) is 0.867. The Morgan fingerprint density at radius 2 is 1.00 bits per heavy atom. The van der Waals surface area contributed by atoms with Gasteiger partial charge in [0.1, 0.15) is 53.8 Å². The monoisotopic (exact) mass is 2530 g/mol. The van der Waals surface area contributed by atoms with Gasteiger partial charge < -0.3 is 55.1 Å². The van der Waals surface area contributed by atoms with Crippen LogP contribution in [-0.4, -0.2) is 121 Å². The summed E-state index contributed by atoms with van der Waals surface area (Å²) in [4.78, 5) is 0. The summed E-state index contributed by atoms with van der Waals surface area (Å²) in [5.41, 5.74) is 0. The van der Waals surface area contributed by atoms with Gasteiger partial charge in [-0.1, -0.05) is 22.0 Å². The number of hydrogen-bond donors (Lipinski definition) is 8. The quantitative estimate of drug-likeness (QED) is 0.0860. The molecule has 2 aliphatic rings. The molecular formula is C15H27Ac8BrI2O11. The fourth-order valence-corrected chi connectivity index (χ4v) is 3.01. The van der Waals surface area contributed by atoms with E-state index in [4.69, 9.17) is 29.5 Å². The Hall–Kier alpha value is 12.8. The molecule has 2 heterocycles. The Balaban J connectivity index is -0.0000000476. The van der Waals surface area contributed by atoms with Crippen molar-refractivity contribution in [1.29, 1.82) is 0 Å². The van der Waals surface area contributed by atoms with Gasteiger partial charge in [-0.25, -0.2) is 0 Å². The van der Waals surface area contributed by atoms with Crippen LogP contribution in [0.15, 0.2) is 12.7 Å². The van der Waals surface area contributed by atoms with Crippen LogP contribution in [0.4, 0.5) is 0 Å². The summed E-state index contributed by atoms with van der Waals surface area (Å²) in [7, 11) is 0. The Morgan fingerprint density at radius 1 is 0.649 bits per heavy atom. The zero-order valence-electron chi connectivity index (χ0n) is 19.7. The minimum Gasteiger partial charge on any atom is -0.394 e. The van der Waals surface area contributed by atoms with E-state index >= 15 is 0 Å². The second-order valence-corrected chi connectivity index (χ2v) is 6.90. The Labute approximate surface area is 536 Å². The maximum absolute atomic E-state index is 9.47. The molecule has 198 valence electrons. The average molecular weight is 2530 g/mol. The molecule has 8 radical (unpaired) electrons. The third kappa shape index (κ3) is 28.9. The molecule has 0 bridgehead atoms. The summed E-state index contributed by atoms with van der Waals surface area (Å²) < 4.78 is 15.0. The zero-order valence-corrected chi connectivity index (χ0v) is 63.6. The second kappa shape index (κ2) is 44.9. The number of alkyl halides is 1. The van der Waals surface area contributed by atoms with Crippen molar-refractivity contribution >= 4 is 53.2 Å². The molecule has 11 nitrogen and oxygen atoms in total. The van der Waals surface area contributed by atoms with Crippen LogP contribution < -0.4 is 0 Å². The third-order valence-electron chi connectivity index (χ3n) is 4.06. The van der Waals surface area contributed by atoms with Gasteiger partial charge in [0.15, 0.2) is 6.29 Å². The van der Waals surface area contributed by atoms with Crippen molar-refractivity contribution in [2.75, 3.05) is 19.8 Å². The Morgan fingerprint density at radius 3 is 1.35 bits per heavy atom. The van der Waals surface area contributed by atoms with Crippen LogP contribution in [0.2, 0.25) is 0 Å². The predicted molar refractivity (Wildman–Crippen MR) is 121 cm³/mol. The van der Waals surface area contributed by atoms with Gasteiger partial charge in [-0.05, 0) is 0 Å². The number of aliphatic hydroxyl groups is 8. The number of hydrogen-bond acceptors (Lipinski definition) is 11. The van der Waals surface area contributed by atoms with Crippen LogP contribution in [0, 0.1) is 352 Å². The van der Waals surface area contributed by atoms with Crippen molar-refractivity contribution in [3.05, 3.63) is 12.7 Å². The van der Waals surface area contributed by atoms with Gasteiger partial charge in [0.05, 0.1) is 19.8 Å². The van der Waals surface area contributed by atoms with Crippen LogP contribution in [0.5, 0.6) is 0 Å². The zero-order chi connectivity index (χ0) is 22.7. The molecule has 0 aliphatic carbocycles. The number of halogens is 3. The topological polar surface area (TPSA) is 190 Å². The van der Waals surface area contributed by atoms with Crippen molar-refractivity contribution in [2.45, 2.75) is 60.1 Å². The molecule has 0 aromatic heterocycles. The first-order chi connectivity index (χ1) is 13.7. The second-order valence-electron chi connectivity index (χ2n) is 6.00. The summed E-state index contributed by atoms with van der Waals surface area (Å²) in [5.74, 6) is 0. The summed E-state index contributed by atoms with van der Waals surface area (Å²) in [6, 6.07) is 0. The SMILES string of the molecule is C=CCOC1OC(CO)C(O)C(O)C1O.II.OCC1OC(Br)C(O)C(O)C1O.[Ac].[Ac].[Ac].[Ac].[Ac].[Ac].[Ac].[Ac]. The number of aliphatic hydroxyl groups excluding tert-OH is 8. The predicted octanol–water partition coefficient (Wildman–Crippen LogP) is -2.06. The van der Waals surface area contributed by atoms with Crippen molar-refractivity contribution < 1.29 is 408 Å². The van der Waals surface area contributed by atoms with Gasteiger partial charge >= 0.3 is 0 Å². The van der Waals surface area contributed by atoms with Gasteiger partial charge in [-0.3, -0.25) is 0 Å². The minimum absolute atomic E-state index is 0. The molecule has 2 aliphatic heterocycles. The van der Waals surface area contributed by atoms with Gasteiger partial charge in [0.25, 0.3) is 0 Å². The molecule has 37 heavy (non-hydrogen) atoms. The first-order valence-electron chi connectivity index (χ1n) is 8.31. The third-order valence-corrected chi connectivity index (χ3v) is 4.82. The van der Waals surface area contributed by atoms with Crippen LogP contribution >= 0.6 is 53.2 Å². The van der Waals surface area contributed by atoms with Crippen LogP contribution in [0.1, 0.15) is 0 Å². The molecule has 0 spiro atoms. The molecule has 0 aromatic rings. The maximum atomic E-state index is 9.47. The molecule has 2 saturated heterocycles. The van der Waals surface area contributed by atoms with Crippen LogP contribution in [0.25, 0.3) is 0 Å². The van der Waals surface area contributed by atoms with Gasteiger partial charge in [0.2, 0.25) is 0 Å². The van der Waals surface area contributed by atoms with E-state index in [1.165, 1.54) is 6.08 Å². The first-order valence-corrected chi connectivity index (χ1v) is 15.5. The van der Waals surface area contributed by atoms with Gasteiger partial charge in [0, 0.05) is 390 Å². The Bertz CT molecular complexity index is 474. The molecule has 22 heteroatoms. The minimum atomic E-state index is -1.40. The number of rotatable bonds is 5. The normalized spacial score (nSPS) is 32.9. The van der Waals surface area contributed by atoms with Crippen LogP contribution in [0.3, 0.4) is 0 Å². The van der Waals surface area contributed by atoms with E-state index < -0.39 is 73.3 Å². The summed E-state index contributed by atoms with van der Waals surface area (Å²) in [5, 5.41) is 72.6. The maximum Gasteiger partial charge on any atom is 0.187 e. The molecule has 0 aromatic carbocycles. The average Bonchev–Trinajstić information content (AvgIpc) is 2.74. The van der Waals surface area contributed by atoms with E-state index in [2.05, 4.69) is 59.7 Å². The molecule has 0 amide bonds. The standard InChI is InChI=1S/C9H16O6.C6H11BrO5.8Ac.I2/c1-2-3-14-9-8(13)7(12)6(11)5(4-10)15-9;7-6-5(11)4(10)3(9)2(1-8)12-6;;;;;;;;;1-2/h2,5-13H,1,3-4H2;2-6,8-11H,1H2;;;;;;;;;. The molecule has 0 saturated carbocycles. The van der Waals surface area contributed by atoms with E-state index in [1.54, 1.807) is 0 Å². The van der Waals surface area contributed by atoms with Gasteiger partial charge in [-0.2, -0.15) is 0 Å². The fourth-order valence-electron chi connectivity index (χ4n) is 2.42. The number of ether oxygens (including phenoxy) is 3. The van der Waals surface area contributed by atoms with E-state index in [-0.39, 0.29) is 359 Å². The van der Waals surface area contributed by atoms with Gasteiger partial charge in [-0.15, -0.1) is 6.58 Å².